The summed E-state index contributed by atoms with van der Waals surface area (Å²) in [5, 5.41) is 7.99. The van der Waals surface area contributed by atoms with E-state index in [-0.39, 0.29) is 5.82 Å². The Balaban J connectivity index is 1.65. The molecule has 0 saturated heterocycles. The van der Waals surface area contributed by atoms with Crippen molar-refractivity contribution in [2.45, 2.75) is 12.1 Å². The average Bonchev–Trinajstić information content (AvgIpc) is 3.35. The minimum Gasteiger partial charge on any atom is -0.497 e. The number of methoxy groups -OCH3 is 2. The number of para-hydroxylation sites is 1. The summed E-state index contributed by atoms with van der Waals surface area (Å²) in [4.78, 5) is 4.45. The van der Waals surface area contributed by atoms with Gasteiger partial charge in [0.15, 0.2) is 0 Å². The molecule has 0 spiro atoms. The molecule has 3 aromatic carbocycles. The van der Waals surface area contributed by atoms with E-state index in [9.17, 15) is 4.39 Å². The van der Waals surface area contributed by atoms with Crippen molar-refractivity contribution in [3.05, 3.63) is 101 Å². The van der Waals surface area contributed by atoms with Gasteiger partial charge in [0.05, 0.1) is 19.9 Å². The molecule has 2 atom stereocenters. The minimum absolute atomic E-state index is 0.305. The molecule has 0 fully saturated rings. The largest absolute Gasteiger partial charge is 0.497 e. The summed E-state index contributed by atoms with van der Waals surface area (Å²) in [7, 11) is 3.26. The van der Waals surface area contributed by atoms with E-state index < -0.39 is 12.1 Å². The van der Waals surface area contributed by atoms with E-state index in [0.29, 0.717) is 17.4 Å². The predicted molar refractivity (Wildman–Crippen MR) is 124 cm³/mol. The fourth-order valence-electron chi connectivity index (χ4n) is 4.68. The molecular formula is C26H21FN4O3. The first kappa shape index (κ1) is 20.3. The highest BCUT2D eigenvalue weighted by Crippen LogP contribution is 2.52. The second-order valence-electron chi connectivity index (χ2n) is 8.04. The first-order valence-corrected chi connectivity index (χ1v) is 10.8. The van der Waals surface area contributed by atoms with Crippen molar-refractivity contribution >= 4 is 11.6 Å². The standard InChI is InChI=1S/C26H21FN4O3/c1-32-17-11-12-20(33-2)19(13-17)24-22-23(30-26-28-14-29-31(24)26)18-5-3-4-6-21(18)34-25(22)15-7-9-16(27)10-8-15/h3-14,24-25H,1-2H3,(H,28,29,30)/t24-,25-/m0/s1. The number of ether oxygens (including phenoxy) is 3. The van der Waals surface area contributed by atoms with Crippen LogP contribution >= 0.6 is 0 Å². The molecule has 0 unspecified atom stereocenters. The van der Waals surface area contributed by atoms with Crippen molar-refractivity contribution in [2.75, 3.05) is 19.5 Å². The molecule has 4 aromatic rings. The monoisotopic (exact) mass is 456 g/mol. The predicted octanol–water partition coefficient (Wildman–Crippen LogP) is 4.99. The van der Waals surface area contributed by atoms with E-state index in [2.05, 4.69) is 15.4 Å². The van der Waals surface area contributed by atoms with Gasteiger partial charge in [-0.15, -0.1) is 0 Å². The summed E-state index contributed by atoms with van der Waals surface area (Å²) in [6.45, 7) is 0. The van der Waals surface area contributed by atoms with Gasteiger partial charge in [0.25, 0.3) is 0 Å². The third kappa shape index (κ3) is 3.10. The van der Waals surface area contributed by atoms with Crippen LogP contribution in [0, 0.1) is 5.82 Å². The van der Waals surface area contributed by atoms with E-state index in [1.54, 1.807) is 26.4 Å². The fraction of sp³-hybridized carbons (Fsp3) is 0.154. The molecule has 6 rings (SSSR count). The van der Waals surface area contributed by atoms with Crippen LogP contribution in [-0.2, 0) is 0 Å². The van der Waals surface area contributed by atoms with Gasteiger partial charge in [0, 0.05) is 16.7 Å². The van der Waals surface area contributed by atoms with Gasteiger partial charge in [-0.3, -0.25) is 0 Å². The summed E-state index contributed by atoms with van der Waals surface area (Å²) in [5.74, 6) is 2.39. The van der Waals surface area contributed by atoms with Crippen LogP contribution < -0.4 is 19.5 Å². The molecule has 3 heterocycles. The van der Waals surface area contributed by atoms with Crippen LogP contribution in [-0.4, -0.2) is 29.0 Å². The van der Waals surface area contributed by atoms with E-state index in [1.165, 1.54) is 18.5 Å². The van der Waals surface area contributed by atoms with E-state index >= 15 is 0 Å². The Bertz CT molecular complexity index is 1410. The van der Waals surface area contributed by atoms with Crippen molar-refractivity contribution in [3.8, 4) is 17.2 Å². The summed E-state index contributed by atoms with van der Waals surface area (Å²) in [6.07, 6.45) is 1.01. The molecule has 34 heavy (non-hydrogen) atoms. The van der Waals surface area contributed by atoms with Gasteiger partial charge >= 0.3 is 0 Å². The Labute approximate surface area is 195 Å². The Morgan fingerprint density at radius 2 is 1.82 bits per heavy atom. The second kappa shape index (κ2) is 7.91. The number of fused-ring (bicyclic) bond motifs is 3. The zero-order valence-electron chi connectivity index (χ0n) is 18.5. The van der Waals surface area contributed by atoms with Gasteiger partial charge in [-0.1, -0.05) is 24.3 Å². The molecule has 2 aliphatic heterocycles. The number of nitrogens with one attached hydrogen (secondary N) is 1. The van der Waals surface area contributed by atoms with Crippen LogP contribution in [0.2, 0.25) is 0 Å². The molecule has 1 aromatic heterocycles. The molecule has 0 bridgehead atoms. The van der Waals surface area contributed by atoms with Crippen LogP contribution in [0.25, 0.3) is 5.70 Å². The number of hydrogen-bond acceptors (Lipinski definition) is 6. The van der Waals surface area contributed by atoms with E-state index in [0.717, 1.165) is 33.7 Å². The lowest BCUT2D eigenvalue weighted by atomic mass is 9.84. The van der Waals surface area contributed by atoms with Gasteiger partial charge in [0.2, 0.25) is 5.95 Å². The number of nitrogens with zero attached hydrogens (tertiary/aromatic N) is 3. The minimum atomic E-state index is -0.503. The SMILES string of the molecule is COc1ccc(OC)c([C@H]2C3=C(Nc4ncnn42)c2ccccc2O[C@H]3c2ccc(F)cc2)c1. The first-order valence-electron chi connectivity index (χ1n) is 10.8. The Morgan fingerprint density at radius 1 is 1.00 bits per heavy atom. The summed E-state index contributed by atoms with van der Waals surface area (Å²) in [6, 6.07) is 19.5. The number of aromatic nitrogens is 3. The maximum Gasteiger partial charge on any atom is 0.226 e. The lowest BCUT2D eigenvalue weighted by molar-refractivity contribution is 0.222. The molecule has 1 N–H and O–H groups in total. The number of hydrogen-bond donors (Lipinski definition) is 1. The molecule has 0 radical (unpaired) electrons. The molecule has 0 amide bonds. The van der Waals surface area contributed by atoms with Crippen molar-refractivity contribution in [1.82, 2.24) is 14.8 Å². The highest BCUT2D eigenvalue weighted by Gasteiger charge is 2.42. The Hall–Kier alpha value is -4.33. The lowest BCUT2D eigenvalue weighted by Gasteiger charge is -2.39. The first-order chi connectivity index (χ1) is 16.7. The summed E-state index contributed by atoms with van der Waals surface area (Å²) >= 11 is 0. The summed E-state index contributed by atoms with van der Waals surface area (Å²) < 4.78 is 33.4. The maximum atomic E-state index is 13.8. The van der Waals surface area contributed by atoms with Crippen LogP contribution in [0.1, 0.15) is 28.8 Å². The highest BCUT2D eigenvalue weighted by molar-refractivity contribution is 5.85. The second-order valence-corrected chi connectivity index (χ2v) is 8.04. The average molecular weight is 456 g/mol. The van der Waals surface area contributed by atoms with Crippen molar-refractivity contribution < 1.29 is 18.6 Å². The molecule has 8 heteroatoms. The third-order valence-electron chi connectivity index (χ3n) is 6.23. The zero-order chi connectivity index (χ0) is 23.2. The maximum absolute atomic E-state index is 13.8. The van der Waals surface area contributed by atoms with Gasteiger partial charge < -0.3 is 19.5 Å². The fourth-order valence-corrected chi connectivity index (χ4v) is 4.68. The zero-order valence-corrected chi connectivity index (χ0v) is 18.5. The molecule has 170 valence electrons. The van der Waals surface area contributed by atoms with Crippen LogP contribution in [0.3, 0.4) is 0 Å². The van der Waals surface area contributed by atoms with E-state index in [4.69, 9.17) is 14.2 Å². The van der Waals surface area contributed by atoms with Crippen LogP contribution in [0.4, 0.5) is 10.3 Å². The molecule has 0 saturated carbocycles. The number of halogens is 1. The number of anilines is 1. The van der Waals surface area contributed by atoms with Crippen molar-refractivity contribution in [2.24, 2.45) is 0 Å². The van der Waals surface area contributed by atoms with Crippen LogP contribution in [0.5, 0.6) is 17.2 Å². The van der Waals surface area contributed by atoms with Gasteiger partial charge in [-0.05, 0) is 48.0 Å². The third-order valence-corrected chi connectivity index (χ3v) is 6.23. The molecule has 0 aliphatic carbocycles. The Morgan fingerprint density at radius 3 is 2.62 bits per heavy atom. The molecular weight excluding hydrogens is 435 g/mol. The van der Waals surface area contributed by atoms with E-state index in [1.807, 2.05) is 47.1 Å². The van der Waals surface area contributed by atoms with Crippen molar-refractivity contribution in [1.29, 1.82) is 0 Å². The number of rotatable bonds is 4. The molecule has 7 nitrogen and oxygen atoms in total. The topological polar surface area (TPSA) is 70.4 Å². The Kier molecular flexibility index (Phi) is 4.72. The quantitative estimate of drug-likeness (QED) is 0.466. The lowest BCUT2D eigenvalue weighted by Crippen LogP contribution is -2.32. The van der Waals surface area contributed by atoms with Gasteiger partial charge in [-0.2, -0.15) is 10.1 Å². The van der Waals surface area contributed by atoms with Crippen molar-refractivity contribution in [3.63, 3.8) is 0 Å². The molecule has 2 aliphatic rings. The van der Waals surface area contributed by atoms with Gasteiger partial charge in [-0.25, -0.2) is 9.07 Å². The summed E-state index contributed by atoms with van der Waals surface area (Å²) in [5.41, 5.74) is 4.37. The smallest absolute Gasteiger partial charge is 0.226 e. The van der Waals surface area contributed by atoms with Crippen LogP contribution in [0.15, 0.2) is 78.6 Å². The van der Waals surface area contributed by atoms with Gasteiger partial charge in [0.1, 0.15) is 41.5 Å². The highest BCUT2D eigenvalue weighted by atomic mass is 19.1. The number of benzene rings is 3. The normalized spacial score (nSPS) is 18.2.